The van der Waals surface area contributed by atoms with Crippen LogP contribution in [-0.4, -0.2) is 37.4 Å². The predicted molar refractivity (Wildman–Crippen MR) is 92.4 cm³/mol. The first-order valence-corrected chi connectivity index (χ1v) is 9.71. The third-order valence-electron chi connectivity index (χ3n) is 4.26. The highest BCUT2D eigenvalue weighted by Gasteiger charge is 2.30. The maximum atomic E-state index is 13.0. The van der Waals surface area contributed by atoms with Crippen LogP contribution >= 0.6 is 0 Å². The first kappa shape index (κ1) is 17.8. The number of pyridine rings is 1. The van der Waals surface area contributed by atoms with E-state index < -0.39 is 15.8 Å². The Morgan fingerprint density at radius 3 is 2.72 bits per heavy atom. The molecule has 1 unspecified atom stereocenters. The molecule has 1 saturated heterocycles. The summed E-state index contributed by atoms with van der Waals surface area (Å²) in [5.41, 5.74) is 0.877. The molecule has 1 aliphatic rings. The van der Waals surface area contributed by atoms with Gasteiger partial charge in [0.25, 0.3) is 0 Å². The molecular formula is C18H21FN2O3S. The second-order valence-corrected chi connectivity index (χ2v) is 8.19. The molecule has 0 bridgehead atoms. The van der Waals surface area contributed by atoms with Crippen LogP contribution in [0.3, 0.4) is 0 Å². The fourth-order valence-electron chi connectivity index (χ4n) is 2.94. The summed E-state index contributed by atoms with van der Waals surface area (Å²) in [6.07, 6.45) is 1.68. The van der Waals surface area contributed by atoms with Gasteiger partial charge in [0.05, 0.1) is 11.5 Å². The van der Waals surface area contributed by atoms with Gasteiger partial charge in [-0.3, -0.25) is 0 Å². The lowest BCUT2D eigenvalue weighted by molar-refractivity contribution is 0.176. The Hall–Kier alpha value is -1.99. The van der Waals surface area contributed by atoms with Crippen molar-refractivity contribution in [1.82, 2.24) is 9.29 Å². The monoisotopic (exact) mass is 364 g/mol. The summed E-state index contributed by atoms with van der Waals surface area (Å²) in [5.74, 6) is 0.208. The standard InChI is InChI=1S/C18H21FN2O3S/c1-14-4-2-6-18(20-14)24-13-15-5-3-11-21(12-15)25(22,23)17-9-7-16(19)8-10-17/h2,4,6-10,15H,3,5,11-13H2,1H3. The van der Waals surface area contributed by atoms with Gasteiger partial charge in [-0.1, -0.05) is 6.07 Å². The lowest BCUT2D eigenvalue weighted by Crippen LogP contribution is -2.41. The molecule has 0 radical (unpaired) electrons. The number of benzene rings is 1. The van der Waals surface area contributed by atoms with Crippen molar-refractivity contribution in [2.24, 2.45) is 5.92 Å². The zero-order chi connectivity index (χ0) is 17.9. The SMILES string of the molecule is Cc1cccc(OCC2CCCN(S(=O)(=O)c3ccc(F)cc3)C2)n1. The molecule has 0 saturated carbocycles. The smallest absolute Gasteiger partial charge is 0.243 e. The van der Waals surface area contributed by atoms with E-state index in [2.05, 4.69) is 4.98 Å². The molecule has 7 heteroatoms. The van der Waals surface area contributed by atoms with E-state index in [0.717, 1.165) is 18.5 Å². The van der Waals surface area contributed by atoms with E-state index in [1.807, 2.05) is 19.1 Å². The Labute approximate surface area is 147 Å². The van der Waals surface area contributed by atoms with Crippen LogP contribution in [-0.2, 0) is 10.0 Å². The molecule has 3 rings (SSSR count). The maximum absolute atomic E-state index is 13.0. The number of aromatic nitrogens is 1. The molecule has 2 aromatic rings. The highest BCUT2D eigenvalue weighted by molar-refractivity contribution is 7.89. The number of ether oxygens (including phenoxy) is 1. The Kier molecular flexibility index (Phi) is 5.34. The second kappa shape index (κ2) is 7.49. The molecule has 2 heterocycles. The summed E-state index contributed by atoms with van der Waals surface area (Å²) in [5, 5.41) is 0. The van der Waals surface area contributed by atoms with Crippen LogP contribution in [0.5, 0.6) is 5.88 Å². The molecule has 0 aliphatic carbocycles. The van der Waals surface area contributed by atoms with Gasteiger partial charge in [-0.2, -0.15) is 4.31 Å². The second-order valence-electron chi connectivity index (χ2n) is 6.25. The number of nitrogens with zero attached hydrogens (tertiary/aromatic N) is 2. The van der Waals surface area contributed by atoms with Crippen molar-refractivity contribution >= 4 is 10.0 Å². The highest BCUT2D eigenvalue weighted by Crippen LogP contribution is 2.24. The lowest BCUT2D eigenvalue weighted by atomic mass is 10.0. The molecule has 1 fully saturated rings. The van der Waals surface area contributed by atoms with E-state index in [0.29, 0.717) is 25.6 Å². The third kappa shape index (κ3) is 4.35. The Bertz CT molecular complexity index is 824. The quantitative estimate of drug-likeness (QED) is 0.818. The molecular weight excluding hydrogens is 343 g/mol. The first-order valence-electron chi connectivity index (χ1n) is 8.27. The number of halogens is 1. The van der Waals surface area contributed by atoms with Gasteiger partial charge >= 0.3 is 0 Å². The van der Waals surface area contributed by atoms with E-state index in [-0.39, 0.29) is 10.8 Å². The van der Waals surface area contributed by atoms with E-state index in [9.17, 15) is 12.8 Å². The highest BCUT2D eigenvalue weighted by atomic mass is 32.2. The normalized spacial score (nSPS) is 18.9. The van der Waals surface area contributed by atoms with Gasteiger partial charge in [0.2, 0.25) is 15.9 Å². The zero-order valence-corrected chi connectivity index (χ0v) is 14.9. The van der Waals surface area contributed by atoms with Gasteiger partial charge < -0.3 is 4.74 Å². The van der Waals surface area contributed by atoms with Crippen LogP contribution in [0.1, 0.15) is 18.5 Å². The van der Waals surface area contributed by atoms with Gasteiger partial charge in [-0.25, -0.2) is 17.8 Å². The molecule has 0 N–H and O–H groups in total. The summed E-state index contributed by atoms with van der Waals surface area (Å²) in [4.78, 5) is 4.41. The number of rotatable bonds is 5. The minimum Gasteiger partial charge on any atom is -0.477 e. The number of hydrogen-bond donors (Lipinski definition) is 0. The number of sulfonamides is 1. The van der Waals surface area contributed by atoms with E-state index >= 15 is 0 Å². The van der Waals surface area contributed by atoms with Gasteiger partial charge in [0.1, 0.15) is 5.82 Å². The number of piperidine rings is 1. The van der Waals surface area contributed by atoms with E-state index in [4.69, 9.17) is 4.74 Å². The van der Waals surface area contributed by atoms with Gasteiger partial charge in [-0.05, 0) is 50.1 Å². The van der Waals surface area contributed by atoms with Crippen LogP contribution in [0.2, 0.25) is 0 Å². The van der Waals surface area contributed by atoms with Crippen molar-refractivity contribution in [1.29, 1.82) is 0 Å². The summed E-state index contributed by atoms with van der Waals surface area (Å²) < 4.78 is 45.7. The summed E-state index contributed by atoms with van der Waals surface area (Å²) >= 11 is 0. The van der Waals surface area contributed by atoms with Crippen LogP contribution in [0.4, 0.5) is 4.39 Å². The van der Waals surface area contributed by atoms with Crippen LogP contribution in [0.25, 0.3) is 0 Å². The van der Waals surface area contributed by atoms with Crippen LogP contribution in [0, 0.1) is 18.7 Å². The van der Waals surface area contributed by atoms with Crippen molar-refractivity contribution < 1.29 is 17.5 Å². The molecule has 134 valence electrons. The molecule has 0 amide bonds. The zero-order valence-electron chi connectivity index (χ0n) is 14.1. The van der Waals surface area contributed by atoms with Crippen molar-refractivity contribution in [3.8, 4) is 5.88 Å². The molecule has 1 aromatic heterocycles. The molecule has 0 spiro atoms. The lowest BCUT2D eigenvalue weighted by Gasteiger charge is -2.31. The van der Waals surface area contributed by atoms with E-state index in [1.165, 1.54) is 28.6 Å². The van der Waals surface area contributed by atoms with Gasteiger partial charge in [-0.15, -0.1) is 0 Å². The molecule has 5 nitrogen and oxygen atoms in total. The minimum atomic E-state index is -3.61. The van der Waals surface area contributed by atoms with Gasteiger partial charge in [0, 0.05) is 30.8 Å². The van der Waals surface area contributed by atoms with Crippen molar-refractivity contribution in [3.05, 3.63) is 54.0 Å². The summed E-state index contributed by atoms with van der Waals surface area (Å²) in [7, 11) is -3.61. The largest absolute Gasteiger partial charge is 0.477 e. The van der Waals surface area contributed by atoms with E-state index in [1.54, 1.807) is 6.07 Å². The first-order chi connectivity index (χ1) is 11.9. The molecule has 1 atom stereocenters. The topological polar surface area (TPSA) is 59.5 Å². The summed E-state index contributed by atoms with van der Waals surface area (Å²) in [6.45, 7) is 3.18. The number of hydrogen-bond acceptors (Lipinski definition) is 4. The fraction of sp³-hybridized carbons (Fsp3) is 0.389. The van der Waals surface area contributed by atoms with Crippen molar-refractivity contribution in [3.63, 3.8) is 0 Å². The fourth-order valence-corrected chi connectivity index (χ4v) is 4.49. The third-order valence-corrected chi connectivity index (χ3v) is 6.14. The van der Waals surface area contributed by atoms with Crippen molar-refractivity contribution in [2.75, 3.05) is 19.7 Å². The average Bonchev–Trinajstić information content (AvgIpc) is 2.61. The molecule has 1 aliphatic heterocycles. The molecule has 1 aromatic carbocycles. The Morgan fingerprint density at radius 2 is 2.00 bits per heavy atom. The number of aryl methyl sites for hydroxylation is 1. The minimum absolute atomic E-state index is 0.103. The van der Waals surface area contributed by atoms with Crippen molar-refractivity contribution in [2.45, 2.75) is 24.7 Å². The molecule has 25 heavy (non-hydrogen) atoms. The Balaban J connectivity index is 1.65. The maximum Gasteiger partial charge on any atom is 0.243 e. The predicted octanol–water partition coefficient (Wildman–Crippen LogP) is 3.01. The van der Waals surface area contributed by atoms with Gasteiger partial charge in [0.15, 0.2) is 0 Å². The van der Waals surface area contributed by atoms with Crippen LogP contribution in [0.15, 0.2) is 47.4 Å². The summed E-state index contributed by atoms with van der Waals surface area (Å²) in [6, 6.07) is 10.5. The average molecular weight is 364 g/mol. The van der Waals surface area contributed by atoms with Crippen LogP contribution < -0.4 is 4.74 Å². The Morgan fingerprint density at radius 1 is 1.24 bits per heavy atom.